The molecule has 1 aliphatic rings. The Morgan fingerprint density at radius 1 is 1.25 bits per heavy atom. The van der Waals surface area contributed by atoms with Crippen LogP contribution in [-0.2, 0) is 13.6 Å². The number of hydrogen-bond donors (Lipinski definition) is 1. The first-order valence-corrected chi connectivity index (χ1v) is 5.64. The van der Waals surface area contributed by atoms with Crippen LogP contribution in [0, 0.1) is 0 Å². The van der Waals surface area contributed by atoms with Gasteiger partial charge in [0.25, 0.3) is 0 Å². The summed E-state index contributed by atoms with van der Waals surface area (Å²) in [7, 11) is -2.98. The minimum absolute atomic E-state index is 0.243. The molecule has 4 nitrogen and oxygen atoms in total. The lowest BCUT2D eigenvalue weighted by molar-refractivity contribution is 0.133. The van der Waals surface area contributed by atoms with E-state index in [4.69, 9.17) is 9.05 Å². The minimum Gasteiger partial charge on any atom is -0.297 e. The van der Waals surface area contributed by atoms with E-state index in [9.17, 15) is 4.57 Å². The third kappa shape index (κ3) is 3.23. The van der Waals surface area contributed by atoms with E-state index < -0.39 is 7.75 Å². The van der Waals surface area contributed by atoms with Gasteiger partial charge in [-0.3, -0.25) is 9.05 Å². The maximum Gasteiger partial charge on any atom is 0.405 e. The van der Waals surface area contributed by atoms with E-state index in [1.165, 1.54) is 0 Å². The molecule has 0 aromatic carbocycles. The van der Waals surface area contributed by atoms with Crippen LogP contribution in [0.2, 0.25) is 0 Å². The maximum atomic E-state index is 11.7. The highest BCUT2D eigenvalue weighted by Gasteiger charge is 2.32. The van der Waals surface area contributed by atoms with Gasteiger partial charge >= 0.3 is 7.75 Å². The average molecular weight is 193 g/mol. The lowest BCUT2D eigenvalue weighted by atomic mass is 10.1. The summed E-state index contributed by atoms with van der Waals surface area (Å²) >= 11 is 0. The summed E-state index contributed by atoms with van der Waals surface area (Å²) in [6.07, 6.45) is 0.815. The van der Waals surface area contributed by atoms with Crippen molar-refractivity contribution >= 4 is 7.75 Å². The molecule has 0 bridgehead atoms. The smallest absolute Gasteiger partial charge is 0.297 e. The fourth-order valence-corrected chi connectivity index (χ4v) is 2.71. The molecule has 5 heteroatoms. The molecule has 72 valence electrons. The molecule has 0 aliphatic carbocycles. The molecule has 0 aromatic heterocycles. The highest BCUT2D eigenvalue weighted by molar-refractivity contribution is 7.51. The zero-order valence-electron chi connectivity index (χ0n) is 7.79. The summed E-state index contributed by atoms with van der Waals surface area (Å²) in [6.45, 7) is 6.80. The minimum atomic E-state index is -2.98. The summed E-state index contributed by atoms with van der Waals surface area (Å²) in [4.78, 5) is 0. The van der Waals surface area contributed by atoms with Gasteiger partial charge < -0.3 is 0 Å². The van der Waals surface area contributed by atoms with Gasteiger partial charge in [-0.1, -0.05) is 0 Å². The van der Waals surface area contributed by atoms with Crippen LogP contribution in [0.5, 0.6) is 0 Å². The summed E-state index contributed by atoms with van der Waals surface area (Å²) < 4.78 is 21.8. The van der Waals surface area contributed by atoms with Gasteiger partial charge in [0.2, 0.25) is 0 Å². The van der Waals surface area contributed by atoms with Gasteiger partial charge in [0.1, 0.15) is 0 Å². The molecular formula is C7H16NO3P. The normalized spacial score (nSPS) is 23.9. The Kier molecular flexibility index (Phi) is 2.94. The Hall–Kier alpha value is 0.110. The highest BCUT2D eigenvalue weighted by Crippen LogP contribution is 2.47. The molecule has 12 heavy (non-hydrogen) atoms. The lowest BCUT2D eigenvalue weighted by Crippen LogP contribution is -2.35. The van der Waals surface area contributed by atoms with E-state index in [1.54, 1.807) is 0 Å². The zero-order chi connectivity index (χ0) is 9.24. The van der Waals surface area contributed by atoms with Crippen LogP contribution in [-0.4, -0.2) is 18.8 Å². The molecule has 1 rings (SSSR count). The van der Waals surface area contributed by atoms with Gasteiger partial charge in [-0.05, 0) is 27.2 Å². The molecule has 0 radical (unpaired) electrons. The molecular weight excluding hydrogens is 177 g/mol. The predicted octanol–water partition coefficient (Wildman–Crippen LogP) is 1.92. The average Bonchev–Trinajstić information content (AvgIpc) is 1.83. The largest absolute Gasteiger partial charge is 0.405 e. The van der Waals surface area contributed by atoms with Crippen LogP contribution in [0.15, 0.2) is 0 Å². The van der Waals surface area contributed by atoms with Crippen LogP contribution in [0.4, 0.5) is 0 Å². The monoisotopic (exact) mass is 193 g/mol. The van der Waals surface area contributed by atoms with Crippen LogP contribution in [0.25, 0.3) is 0 Å². The summed E-state index contributed by atoms with van der Waals surface area (Å²) in [5.74, 6) is 0. The van der Waals surface area contributed by atoms with Crippen molar-refractivity contribution in [1.82, 2.24) is 5.09 Å². The molecule has 1 N–H and O–H groups in total. The topological polar surface area (TPSA) is 47.6 Å². The Bertz CT molecular complexity index is 189. The van der Waals surface area contributed by atoms with Gasteiger partial charge in [0, 0.05) is 5.54 Å². The van der Waals surface area contributed by atoms with E-state index in [-0.39, 0.29) is 5.54 Å². The van der Waals surface area contributed by atoms with Crippen molar-refractivity contribution in [3.8, 4) is 0 Å². The van der Waals surface area contributed by atoms with Gasteiger partial charge in [-0.2, -0.15) is 0 Å². The van der Waals surface area contributed by atoms with Gasteiger partial charge in [0.05, 0.1) is 13.2 Å². The molecule has 0 unspecified atom stereocenters. The van der Waals surface area contributed by atoms with Crippen molar-refractivity contribution in [2.24, 2.45) is 0 Å². The van der Waals surface area contributed by atoms with Gasteiger partial charge in [-0.25, -0.2) is 9.65 Å². The maximum absolute atomic E-state index is 11.7. The van der Waals surface area contributed by atoms with Crippen molar-refractivity contribution in [3.05, 3.63) is 0 Å². The van der Waals surface area contributed by atoms with Crippen molar-refractivity contribution in [3.63, 3.8) is 0 Å². The summed E-state index contributed by atoms with van der Waals surface area (Å²) in [5, 5.41) is 2.85. The van der Waals surface area contributed by atoms with Crippen LogP contribution in [0.3, 0.4) is 0 Å². The molecule has 1 heterocycles. The third-order valence-electron chi connectivity index (χ3n) is 1.28. The number of rotatable bonds is 1. The zero-order valence-corrected chi connectivity index (χ0v) is 8.69. The first-order valence-electron chi connectivity index (χ1n) is 4.10. The Morgan fingerprint density at radius 3 is 2.17 bits per heavy atom. The molecule has 0 aromatic rings. The Balaban J connectivity index is 2.53. The van der Waals surface area contributed by atoms with Gasteiger partial charge in [-0.15, -0.1) is 0 Å². The van der Waals surface area contributed by atoms with Gasteiger partial charge in [0.15, 0.2) is 0 Å². The summed E-state index contributed by atoms with van der Waals surface area (Å²) in [6, 6.07) is 0. The van der Waals surface area contributed by atoms with Crippen LogP contribution >= 0.6 is 7.75 Å². The van der Waals surface area contributed by atoms with E-state index in [1.807, 2.05) is 20.8 Å². The molecule has 1 fully saturated rings. The van der Waals surface area contributed by atoms with Crippen molar-refractivity contribution in [1.29, 1.82) is 0 Å². The standard InChI is InChI=1S/C7H16NO3P/c1-7(2,3)8-12(9)10-5-4-6-11-12/h4-6H2,1-3H3,(H,8,9). The van der Waals surface area contributed by atoms with E-state index in [0.29, 0.717) is 13.2 Å². The highest BCUT2D eigenvalue weighted by atomic mass is 31.2. The van der Waals surface area contributed by atoms with E-state index in [0.717, 1.165) is 6.42 Å². The lowest BCUT2D eigenvalue weighted by Gasteiger charge is -2.29. The SMILES string of the molecule is CC(C)(C)NP1(=O)OCCCO1. The molecule has 0 amide bonds. The van der Waals surface area contributed by atoms with Crippen LogP contribution in [0.1, 0.15) is 27.2 Å². The molecule has 0 spiro atoms. The van der Waals surface area contributed by atoms with Crippen molar-refractivity contribution in [2.75, 3.05) is 13.2 Å². The fraction of sp³-hybridized carbons (Fsp3) is 1.00. The quantitative estimate of drug-likeness (QED) is 0.646. The molecule has 1 aliphatic heterocycles. The van der Waals surface area contributed by atoms with Crippen molar-refractivity contribution < 1.29 is 13.6 Å². The second-order valence-corrected chi connectivity index (χ2v) is 5.61. The molecule has 1 saturated heterocycles. The molecule has 0 saturated carbocycles. The molecule has 0 atom stereocenters. The fourth-order valence-electron chi connectivity index (χ4n) is 0.941. The van der Waals surface area contributed by atoms with Crippen molar-refractivity contribution in [2.45, 2.75) is 32.7 Å². The van der Waals surface area contributed by atoms with Crippen LogP contribution < -0.4 is 5.09 Å². The first kappa shape index (κ1) is 10.2. The number of hydrogen-bond acceptors (Lipinski definition) is 3. The third-order valence-corrected chi connectivity index (χ3v) is 3.27. The van der Waals surface area contributed by atoms with E-state index >= 15 is 0 Å². The Labute approximate surface area is 73.2 Å². The first-order chi connectivity index (χ1) is 5.41. The summed E-state index contributed by atoms with van der Waals surface area (Å²) in [5.41, 5.74) is -0.243. The second kappa shape index (κ2) is 3.46. The number of nitrogens with one attached hydrogen (secondary N) is 1. The van der Waals surface area contributed by atoms with E-state index in [2.05, 4.69) is 5.09 Å². The second-order valence-electron chi connectivity index (χ2n) is 3.88. The Morgan fingerprint density at radius 2 is 1.75 bits per heavy atom. The predicted molar refractivity (Wildman–Crippen MR) is 47.0 cm³/mol.